The topological polar surface area (TPSA) is 0 Å². The van der Waals surface area contributed by atoms with E-state index in [2.05, 4.69) is 135 Å². The van der Waals surface area contributed by atoms with Crippen LogP contribution in [0.5, 0.6) is 0 Å². The average Bonchev–Trinajstić information content (AvgIpc) is 3.52. The minimum atomic E-state index is -0.00327. The number of hydrogen-bond acceptors (Lipinski definition) is 1. The SMILES string of the molecule is CC1(C)c2ccccc2-c2cc3ccc4ccc(-c5ccc(-c6cccc7c8c(sc67)CCC=C8)cc5)cc4c3cc21. The van der Waals surface area contributed by atoms with Gasteiger partial charge in [0.15, 0.2) is 0 Å². The first-order valence-corrected chi connectivity index (χ1v) is 15.8. The summed E-state index contributed by atoms with van der Waals surface area (Å²) in [7, 11) is 0. The van der Waals surface area contributed by atoms with Crippen LogP contribution in [0, 0.1) is 0 Å². The van der Waals surface area contributed by atoms with Crippen molar-refractivity contribution in [2.75, 3.05) is 0 Å². The van der Waals surface area contributed by atoms with Crippen LogP contribution in [-0.2, 0) is 11.8 Å². The second kappa shape index (κ2) is 8.77. The molecule has 200 valence electrons. The van der Waals surface area contributed by atoms with Gasteiger partial charge in [-0.1, -0.05) is 117 Å². The highest BCUT2D eigenvalue weighted by molar-refractivity contribution is 7.20. The number of rotatable bonds is 2. The molecule has 7 aromatic rings. The number of thiophene rings is 1. The maximum absolute atomic E-state index is 2.47. The molecule has 0 aliphatic heterocycles. The Morgan fingerprint density at radius 3 is 2.21 bits per heavy atom. The quantitative estimate of drug-likeness (QED) is 0.186. The Balaban J connectivity index is 1.15. The van der Waals surface area contributed by atoms with Gasteiger partial charge in [-0.3, -0.25) is 0 Å². The Kier molecular flexibility index (Phi) is 5.05. The molecule has 0 radical (unpaired) electrons. The molecule has 1 aromatic heterocycles. The van der Waals surface area contributed by atoms with Gasteiger partial charge in [0.2, 0.25) is 0 Å². The van der Waals surface area contributed by atoms with Gasteiger partial charge in [0.05, 0.1) is 0 Å². The normalized spacial score (nSPS) is 14.8. The van der Waals surface area contributed by atoms with Crippen LogP contribution in [0.2, 0.25) is 0 Å². The fourth-order valence-corrected chi connectivity index (χ4v) is 8.81. The molecule has 9 rings (SSSR count). The molecule has 0 saturated heterocycles. The van der Waals surface area contributed by atoms with E-state index in [9.17, 15) is 0 Å². The van der Waals surface area contributed by atoms with Gasteiger partial charge in [-0.25, -0.2) is 0 Å². The fourth-order valence-electron chi connectivity index (χ4n) is 7.47. The highest BCUT2D eigenvalue weighted by atomic mass is 32.1. The van der Waals surface area contributed by atoms with E-state index in [-0.39, 0.29) is 5.41 Å². The third-order valence-electron chi connectivity index (χ3n) is 9.72. The van der Waals surface area contributed by atoms with E-state index in [4.69, 9.17) is 0 Å². The van der Waals surface area contributed by atoms with Crippen LogP contribution in [0.1, 0.15) is 41.8 Å². The third kappa shape index (κ3) is 3.41. The monoisotopic (exact) mass is 554 g/mol. The minimum absolute atomic E-state index is 0.00327. The number of fused-ring (bicyclic) bond motifs is 9. The molecule has 42 heavy (non-hydrogen) atoms. The second-order valence-corrected chi connectivity index (χ2v) is 13.5. The van der Waals surface area contributed by atoms with Gasteiger partial charge in [0.1, 0.15) is 0 Å². The van der Waals surface area contributed by atoms with Crippen molar-refractivity contribution in [1.82, 2.24) is 0 Å². The summed E-state index contributed by atoms with van der Waals surface area (Å²) >= 11 is 1.98. The highest BCUT2D eigenvalue weighted by Gasteiger charge is 2.35. The molecular weight excluding hydrogens is 525 g/mol. The molecule has 1 heteroatoms. The Morgan fingerprint density at radius 1 is 0.571 bits per heavy atom. The van der Waals surface area contributed by atoms with Crippen LogP contribution in [0.25, 0.3) is 71.1 Å². The van der Waals surface area contributed by atoms with Gasteiger partial charge in [-0.15, -0.1) is 11.3 Å². The molecule has 6 aromatic carbocycles. The van der Waals surface area contributed by atoms with E-state index in [0.29, 0.717) is 0 Å². The molecule has 0 nitrogen and oxygen atoms in total. The summed E-state index contributed by atoms with van der Waals surface area (Å²) in [4.78, 5) is 1.53. The third-order valence-corrected chi connectivity index (χ3v) is 11.0. The van der Waals surface area contributed by atoms with Crippen molar-refractivity contribution < 1.29 is 0 Å². The summed E-state index contributed by atoms with van der Waals surface area (Å²) in [6.45, 7) is 4.73. The first-order chi connectivity index (χ1) is 20.6. The first kappa shape index (κ1) is 24.2. The van der Waals surface area contributed by atoms with Gasteiger partial charge >= 0.3 is 0 Å². The summed E-state index contributed by atoms with van der Waals surface area (Å²) in [5.74, 6) is 0. The standard InChI is InChI=1S/C41H30S/c1-41(2)37-12-5-3-8-31(37)36-23-29-21-19-27-18-20-28(22-34(27)35(29)24-38(36)41)25-14-16-26(17-15-25)30-10-7-11-33-32-9-4-6-13-39(32)42-40(30)33/h3-5,7-12,14-24H,6,13H2,1-2H3. The van der Waals surface area contributed by atoms with Crippen molar-refractivity contribution in [2.45, 2.75) is 32.1 Å². The predicted octanol–water partition coefficient (Wildman–Crippen LogP) is 11.8. The van der Waals surface area contributed by atoms with E-state index in [1.54, 1.807) is 0 Å². The first-order valence-electron chi connectivity index (χ1n) is 15.0. The molecule has 0 N–H and O–H groups in total. The zero-order chi connectivity index (χ0) is 28.0. The number of benzene rings is 6. The van der Waals surface area contributed by atoms with Gasteiger partial charge < -0.3 is 0 Å². The Morgan fingerprint density at radius 2 is 1.31 bits per heavy atom. The molecule has 0 unspecified atom stereocenters. The maximum atomic E-state index is 2.47. The van der Waals surface area contributed by atoms with Crippen LogP contribution < -0.4 is 0 Å². The summed E-state index contributed by atoms with van der Waals surface area (Å²) in [5.41, 5.74) is 12.2. The second-order valence-electron chi connectivity index (χ2n) is 12.4. The molecule has 0 bridgehead atoms. The van der Waals surface area contributed by atoms with Crippen molar-refractivity contribution in [3.05, 3.63) is 137 Å². The zero-order valence-corrected chi connectivity index (χ0v) is 24.7. The van der Waals surface area contributed by atoms with Gasteiger partial charge in [0.25, 0.3) is 0 Å². The molecule has 1 heterocycles. The van der Waals surface area contributed by atoms with Crippen LogP contribution >= 0.6 is 11.3 Å². The van der Waals surface area contributed by atoms with Gasteiger partial charge in [-0.2, -0.15) is 0 Å². The summed E-state index contributed by atoms with van der Waals surface area (Å²) in [6.07, 6.45) is 6.95. The molecule has 2 aliphatic rings. The largest absolute Gasteiger partial charge is 0.139 e. The van der Waals surface area contributed by atoms with E-state index in [1.807, 2.05) is 11.3 Å². The summed E-state index contributed by atoms with van der Waals surface area (Å²) < 4.78 is 1.41. The fraction of sp³-hybridized carbons (Fsp3) is 0.122. The Hall–Kier alpha value is -4.46. The molecule has 0 amide bonds. The van der Waals surface area contributed by atoms with E-state index in [0.717, 1.165) is 12.8 Å². The van der Waals surface area contributed by atoms with E-state index in [1.165, 1.54) is 86.6 Å². The van der Waals surface area contributed by atoms with Crippen LogP contribution in [0.15, 0.2) is 115 Å². The Labute approximate surface area is 250 Å². The van der Waals surface area contributed by atoms with Crippen molar-refractivity contribution in [3.63, 3.8) is 0 Å². The molecule has 0 spiro atoms. The lowest BCUT2D eigenvalue weighted by molar-refractivity contribution is 0.661. The molecule has 0 atom stereocenters. The van der Waals surface area contributed by atoms with E-state index >= 15 is 0 Å². The van der Waals surface area contributed by atoms with Gasteiger partial charge in [0, 0.05) is 20.4 Å². The lowest BCUT2D eigenvalue weighted by Crippen LogP contribution is -2.14. The zero-order valence-electron chi connectivity index (χ0n) is 23.9. The molecule has 0 fully saturated rings. The Bertz CT molecular complexity index is 2260. The van der Waals surface area contributed by atoms with Crippen molar-refractivity contribution in [1.29, 1.82) is 0 Å². The maximum Gasteiger partial charge on any atom is 0.0430 e. The van der Waals surface area contributed by atoms with Gasteiger partial charge in [-0.05, 0) is 103 Å². The van der Waals surface area contributed by atoms with Crippen LogP contribution in [0.3, 0.4) is 0 Å². The van der Waals surface area contributed by atoms with Crippen LogP contribution in [-0.4, -0.2) is 0 Å². The number of hydrogen-bond donors (Lipinski definition) is 0. The predicted molar refractivity (Wildman–Crippen MR) is 183 cm³/mol. The summed E-state index contributed by atoms with van der Waals surface area (Å²) in [5, 5.41) is 6.66. The highest BCUT2D eigenvalue weighted by Crippen LogP contribution is 2.50. The van der Waals surface area contributed by atoms with Crippen molar-refractivity contribution in [2.24, 2.45) is 0 Å². The lowest BCUT2D eigenvalue weighted by atomic mass is 9.81. The minimum Gasteiger partial charge on any atom is -0.139 e. The van der Waals surface area contributed by atoms with Crippen molar-refractivity contribution >= 4 is 49.0 Å². The molecule has 2 aliphatic carbocycles. The average molecular weight is 555 g/mol. The number of allylic oxidation sites excluding steroid dienone is 1. The van der Waals surface area contributed by atoms with Crippen molar-refractivity contribution in [3.8, 4) is 33.4 Å². The molecule has 0 saturated carbocycles. The smallest absolute Gasteiger partial charge is 0.0430 e. The number of aryl methyl sites for hydroxylation is 1. The lowest BCUT2D eigenvalue weighted by Gasteiger charge is -2.22. The van der Waals surface area contributed by atoms with E-state index < -0.39 is 0 Å². The van der Waals surface area contributed by atoms with Crippen LogP contribution in [0.4, 0.5) is 0 Å². The molecular formula is C41H30S. The summed E-state index contributed by atoms with van der Waals surface area (Å²) in [6, 6.07) is 41.3.